The van der Waals surface area contributed by atoms with Crippen molar-refractivity contribution in [2.45, 2.75) is 13.2 Å². The number of carbonyl (C=O) groups excluding carboxylic acids is 2. The van der Waals surface area contributed by atoms with Gasteiger partial charge >= 0.3 is 6.09 Å². The summed E-state index contributed by atoms with van der Waals surface area (Å²) in [6, 6.07) is 24.7. The van der Waals surface area contributed by atoms with Gasteiger partial charge in [-0.05, 0) is 47.0 Å². The lowest BCUT2D eigenvalue weighted by Gasteiger charge is -2.07. The van der Waals surface area contributed by atoms with Crippen LogP contribution in [0.5, 0.6) is 5.75 Å². The minimum absolute atomic E-state index is 0.193. The van der Waals surface area contributed by atoms with E-state index in [9.17, 15) is 9.59 Å². The molecule has 3 aromatic rings. The van der Waals surface area contributed by atoms with Crippen LogP contribution in [0.15, 0.2) is 84.9 Å². The molecule has 158 valence electrons. The Balaban J connectivity index is 1.43. The van der Waals surface area contributed by atoms with Gasteiger partial charge in [-0.25, -0.2) is 4.79 Å². The van der Waals surface area contributed by atoms with Crippen LogP contribution in [0.2, 0.25) is 0 Å². The second-order valence-corrected chi connectivity index (χ2v) is 6.71. The lowest BCUT2D eigenvalue weighted by Crippen LogP contribution is -2.20. The highest BCUT2D eigenvalue weighted by molar-refractivity contribution is 5.91. The number of methoxy groups -OCH3 is 1. The van der Waals surface area contributed by atoms with Crippen molar-refractivity contribution in [3.8, 4) is 5.75 Å². The minimum Gasteiger partial charge on any atom is -0.489 e. The van der Waals surface area contributed by atoms with Crippen molar-refractivity contribution < 1.29 is 19.1 Å². The van der Waals surface area contributed by atoms with Crippen LogP contribution < -0.4 is 15.4 Å². The van der Waals surface area contributed by atoms with Gasteiger partial charge in [-0.1, -0.05) is 54.6 Å². The van der Waals surface area contributed by atoms with Gasteiger partial charge in [-0.2, -0.15) is 0 Å². The molecule has 2 N–H and O–H groups in total. The molecule has 0 bridgehead atoms. The third-order valence-corrected chi connectivity index (χ3v) is 4.41. The molecule has 0 radical (unpaired) electrons. The van der Waals surface area contributed by atoms with Crippen LogP contribution in [0.1, 0.15) is 16.7 Å². The third kappa shape index (κ3) is 7.36. The standard InChI is InChI=1S/C25H24N2O4/c1-30-25(29)27-22-12-7-20(8-13-22)17-26-24(28)16-11-19-9-14-23(15-10-19)31-18-21-5-3-2-4-6-21/h2-16H,17-18H2,1H3,(H,26,28)(H,27,29). The van der Waals surface area contributed by atoms with E-state index in [4.69, 9.17) is 4.74 Å². The maximum atomic E-state index is 12.1. The molecule has 0 fully saturated rings. The maximum Gasteiger partial charge on any atom is 0.411 e. The average molecular weight is 416 g/mol. The Hall–Kier alpha value is -4.06. The Morgan fingerprint density at radius 2 is 1.58 bits per heavy atom. The number of nitrogens with one attached hydrogen (secondary N) is 2. The molecule has 0 spiro atoms. The summed E-state index contributed by atoms with van der Waals surface area (Å²) in [4.78, 5) is 23.2. The van der Waals surface area contributed by atoms with E-state index < -0.39 is 6.09 Å². The first kappa shape index (κ1) is 21.6. The van der Waals surface area contributed by atoms with E-state index >= 15 is 0 Å². The number of hydrogen-bond donors (Lipinski definition) is 2. The number of ether oxygens (including phenoxy) is 2. The van der Waals surface area contributed by atoms with E-state index in [1.807, 2.05) is 66.7 Å². The molecular weight excluding hydrogens is 392 g/mol. The number of hydrogen-bond acceptors (Lipinski definition) is 4. The van der Waals surface area contributed by atoms with E-state index in [1.165, 1.54) is 13.2 Å². The Morgan fingerprint density at radius 1 is 0.871 bits per heavy atom. The monoisotopic (exact) mass is 416 g/mol. The Kier molecular flexibility index (Phi) is 7.83. The largest absolute Gasteiger partial charge is 0.489 e. The van der Waals surface area contributed by atoms with Crippen molar-refractivity contribution in [1.29, 1.82) is 0 Å². The minimum atomic E-state index is -0.526. The summed E-state index contributed by atoms with van der Waals surface area (Å²) in [5.74, 6) is 0.580. The zero-order valence-electron chi connectivity index (χ0n) is 17.2. The van der Waals surface area contributed by atoms with Crippen LogP contribution >= 0.6 is 0 Å². The average Bonchev–Trinajstić information content (AvgIpc) is 2.82. The molecule has 0 aliphatic carbocycles. The Bertz CT molecular complexity index is 1010. The molecule has 0 heterocycles. The zero-order valence-corrected chi connectivity index (χ0v) is 17.2. The topological polar surface area (TPSA) is 76.7 Å². The molecule has 31 heavy (non-hydrogen) atoms. The molecule has 0 atom stereocenters. The summed E-state index contributed by atoms with van der Waals surface area (Å²) in [7, 11) is 1.31. The lowest BCUT2D eigenvalue weighted by molar-refractivity contribution is -0.116. The van der Waals surface area contributed by atoms with Gasteiger partial charge in [0.1, 0.15) is 12.4 Å². The van der Waals surface area contributed by atoms with Crippen LogP contribution in [0.4, 0.5) is 10.5 Å². The van der Waals surface area contributed by atoms with Crippen molar-refractivity contribution in [2.75, 3.05) is 12.4 Å². The molecule has 0 saturated heterocycles. The van der Waals surface area contributed by atoms with Crippen LogP contribution in [0.3, 0.4) is 0 Å². The Morgan fingerprint density at radius 3 is 2.26 bits per heavy atom. The predicted octanol–water partition coefficient (Wildman–Crippen LogP) is 4.77. The summed E-state index contributed by atoms with van der Waals surface area (Å²) in [5, 5.41) is 5.40. The van der Waals surface area contributed by atoms with Crippen LogP contribution in [-0.2, 0) is 22.7 Å². The normalized spacial score (nSPS) is 10.5. The molecule has 0 aliphatic rings. The molecule has 3 aromatic carbocycles. The smallest absolute Gasteiger partial charge is 0.411 e. The molecular formula is C25H24N2O4. The Labute approximate surface area is 181 Å². The van der Waals surface area contributed by atoms with Crippen LogP contribution in [0.25, 0.3) is 6.08 Å². The van der Waals surface area contributed by atoms with Gasteiger partial charge in [-0.15, -0.1) is 0 Å². The number of amides is 2. The van der Waals surface area contributed by atoms with Gasteiger partial charge in [0.05, 0.1) is 7.11 Å². The fraction of sp³-hybridized carbons (Fsp3) is 0.120. The fourth-order valence-electron chi connectivity index (χ4n) is 2.71. The van der Waals surface area contributed by atoms with E-state index in [0.717, 1.165) is 22.4 Å². The van der Waals surface area contributed by atoms with Gasteiger partial charge < -0.3 is 14.8 Å². The SMILES string of the molecule is COC(=O)Nc1ccc(CNC(=O)C=Cc2ccc(OCc3ccccc3)cc2)cc1. The highest BCUT2D eigenvalue weighted by atomic mass is 16.5. The number of carbonyl (C=O) groups is 2. The van der Waals surface area contributed by atoms with E-state index in [0.29, 0.717) is 18.8 Å². The van der Waals surface area contributed by atoms with Crippen molar-refractivity contribution in [1.82, 2.24) is 5.32 Å². The van der Waals surface area contributed by atoms with E-state index in [-0.39, 0.29) is 5.91 Å². The quantitative estimate of drug-likeness (QED) is 0.519. The number of anilines is 1. The first-order valence-electron chi connectivity index (χ1n) is 9.79. The van der Waals surface area contributed by atoms with Gasteiger partial charge in [0.2, 0.25) is 5.91 Å². The van der Waals surface area contributed by atoms with Gasteiger partial charge in [-0.3, -0.25) is 10.1 Å². The summed E-state index contributed by atoms with van der Waals surface area (Å²) in [5.41, 5.74) is 3.55. The molecule has 0 aromatic heterocycles. The fourth-order valence-corrected chi connectivity index (χ4v) is 2.71. The molecule has 3 rings (SSSR count). The van der Waals surface area contributed by atoms with Gasteiger partial charge in [0.25, 0.3) is 0 Å². The highest BCUT2D eigenvalue weighted by Crippen LogP contribution is 2.15. The summed E-state index contributed by atoms with van der Waals surface area (Å²) in [6.07, 6.45) is 2.72. The molecule has 6 heteroatoms. The first-order chi connectivity index (χ1) is 15.1. The molecule has 6 nitrogen and oxygen atoms in total. The zero-order chi connectivity index (χ0) is 21.9. The van der Waals surface area contributed by atoms with Crippen LogP contribution in [0, 0.1) is 0 Å². The maximum absolute atomic E-state index is 12.1. The number of rotatable bonds is 8. The lowest BCUT2D eigenvalue weighted by atomic mass is 10.2. The third-order valence-electron chi connectivity index (χ3n) is 4.41. The molecule has 0 aliphatic heterocycles. The van der Waals surface area contributed by atoms with Crippen molar-refractivity contribution in [3.05, 3.63) is 102 Å². The highest BCUT2D eigenvalue weighted by Gasteiger charge is 2.02. The van der Waals surface area contributed by atoms with Gasteiger partial charge in [0, 0.05) is 18.3 Å². The predicted molar refractivity (Wildman–Crippen MR) is 121 cm³/mol. The molecule has 0 saturated carbocycles. The number of benzene rings is 3. The van der Waals surface area contributed by atoms with E-state index in [2.05, 4.69) is 15.4 Å². The van der Waals surface area contributed by atoms with Crippen LogP contribution in [-0.4, -0.2) is 19.1 Å². The van der Waals surface area contributed by atoms with Crippen molar-refractivity contribution in [3.63, 3.8) is 0 Å². The van der Waals surface area contributed by atoms with Gasteiger partial charge in [0.15, 0.2) is 0 Å². The van der Waals surface area contributed by atoms with E-state index in [1.54, 1.807) is 18.2 Å². The van der Waals surface area contributed by atoms with Crippen molar-refractivity contribution in [2.24, 2.45) is 0 Å². The first-order valence-corrected chi connectivity index (χ1v) is 9.79. The summed E-state index contributed by atoms with van der Waals surface area (Å²) >= 11 is 0. The summed E-state index contributed by atoms with van der Waals surface area (Å²) in [6.45, 7) is 0.895. The molecule has 0 unspecified atom stereocenters. The summed E-state index contributed by atoms with van der Waals surface area (Å²) < 4.78 is 10.3. The second-order valence-electron chi connectivity index (χ2n) is 6.71. The molecule has 2 amide bonds. The second kappa shape index (κ2) is 11.2. The van der Waals surface area contributed by atoms with Crippen molar-refractivity contribution >= 4 is 23.8 Å².